The lowest BCUT2D eigenvalue weighted by molar-refractivity contribution is 0.333. The van der Waals surface area contributed by atoms with Gasteiger partial charge in [-0.3, -0.25) is 0 Å². The zero-order chi connectivity index (χ0) is 12.3. The first-order valence-corrected chi connectivity index (χ1v) is 6.90. The molecule has 0 saturated carbocycles. The third kappa shape index (κ3) is 2.89. The zero-order valence-electron chi connectivity index (χ0n) is 11.3. The van der Waals surface area contributed by atoms with Gasteiger partial charge in [-0.15, -0.1) is 0 Å². The van der Waals surface area contributed by atoms with Crippen LogP contribution >= 0.6 is 0 Å². The van der Waals surface area contributed by atoms with E-state index in [1.807, 2.05) is 0 Å². The number of rotatable bonds is 5. The summed E-state index contributed by atoms with van der Waals surface area (Å²) in [7, 11) is 0. The molecular weight excluding hydrogens is 212 g/mol. The Morgan fingerprint density at radius 2 is 2.29 bits per heavy atom. The van der Waals surface area contributed by atoms with Crippen LogP contribution in [0.1, 0.15) is 63.0 Å². The molecule has 96 valence electrons. The second kappa shape index (κ2) is 5.67. The van der Waals surface area contributed by atoms with E-state index in [-0.39, 0.29) is 0 Å². The average molecular weight is 236 g/mol. The number of fused-ring (bicyclic) bond motifs is 1. The summed E-state index contributed by atoms with van der Waals surface area (Å²) in [5.41, 5.74) is 2.53. The monoisotopic (exact) mass is 236 g/mol. The van der Waals surface area contributed by atoms with Gasteiger partial charge in [-0.1, -0.05) is 25.9 Å². The Morgan fingerprint density at radius 1 is 1.47 bits per heavy atom. The number of aromatic nitrogens is 1. The SMILES string of the molecule is CCC1CCCc2c(CNCC(C)C)noc21. The average Bonchev–Trinajstić information content (AvgIpc) is 2.72. The molecule has 0 fully saturated rings. The van der Waals surface area contributed by atoms with Crippen molar-refractivity contribution in [2.24, 2.45) is 5.92 Å². The molecule has 0 aliphatic heterocycles. The maximum atomic E-state index is 5.56. The van der Waals surface area contributed by atoms with E-state index in [0.29, 0.717) is 11.8 Å². The first kappa shape index (κ1) is 12.6. The van der Waals surface area contributed by atoms with Crippen LogP contribution in [-0.2, 0) is 13.0 Å². The van der Waals surface area contributed by atoms with E-state index in [1.165, 1.54) is 30.6 Å². The quantitative estimate of drug-likeness (QED) is 0.852. The van der Waals surface area contributed by atoms with E-state index in [2.05, 4.69) is 31.2 Å². The van der Waals surface area contributed by atoms with Crippen LogP contribution in [0.2, 0.25) is 0 Å². The van der Waals surface area contributed by atoms with Crippen LogP contribution in [0.15, 0.2) is 4.52 Å². The van der Waals surface area contributed by atoms with Crippen LogP contribution in [0.5, 0.6) is 0 Å². The fourth-order valence-corrected chi connectivity index (χ4v) is 2.61. The third-order valence-electron chi connectivity index (χ3n) is 3.59. The summed E-state index contributed by atoms with van der Waals surface area (Å²) in [6.45, 7) is 8.57. The van der Waals surface area contributed by atoms with Gasteiger partial charge in [-0.2, -0.15) is 0 Å². The van der Waals surface area contributed by atoms with Crippen LogP contribution in [0.4, 0.5) is 0 Å². The van der Waals surface area contributed by atoms with E-state index in [0.717, 1.165) is 25.2 Å². The van der Waals surface area contributed by atoms with Crippen molar-refractivity contribution in [2.45, 2.75) is 58.9 Å². The molecule has 1 aromatic heterocycles. The standard InChI is InChI=1S/C14H24N2O/c1-4-11-6-5-7-12-13(16-17-14(11)12)9-15-8-10(2)3/h10-11,15H,4-9H2,1-3H3. The normalized spacial score (nSPS) is 19.6. The van der Waals surface area contributed by atoms with Gasteiger partial charge in [0.25, 0.3) is 0 Å². The first-order chi connectivity index (χ1) is 8.22. The largest absolute Gasteiger partial charge is 0.361 e. The number of hydrogen-bond acceptors (Lipinski definition) is 3. The number of nitrogens with one attached hydrogen (secondary N) is 1. The Hall–Kier alpha value is -0.830. The molecule has 1 atom stereocenters. The fraction of sp³-hybridized carbons (Fsp3) is 0.786. The molecular formula is C14H24N2O. The Bertz CT molecular complexity index is 357. The minimum absolute atomic E-state index is 0.602. The summed E-state index contributed by atoms with van der Waals surface area (Å²) in [5, 5.41) is 7.70. The van der Waals surface area contributed by atoms with Crippen molar-refractivity contribution in [1.29, 1.82) is 0 Å². The Labute approximate surface area is 104 Å². The van der Waals surface area contributed by atoms with Gasteiger partial charge in [-0.25, -0.2) is 0 Å². The Kier molecular flexibility index (Phi) is 4.21. The molecule has 0 spiro atoms. The van der Waals surface area contributed by atoms with E-state index in [1.54, 1.807) is 0 Å². The summed E-state index contributed by atoms with van der Waals surface area (Å²) in [4.78, 5) is 0. The Morgan fingerprint density at radius 3 is 3.00 bits per heavy atom. The van der Waals surface area contributed by atoms with Crippen molar-refractivity contribution in [3.8, 4) is 0 Å². The molecule has 3 nitrogen and oxygen atoms in total. The van der Waals surface area contributed by atoms with E-state index in [4.69, 9.17) is 4.52 Å². The van der Waals surface area contributed by atoms with Gasteiger partial charge in [0.1, 0.15) is 11.5 Å². The van der Waals surface area contributed by atoms with Gasteiger partial charge < -0.3 is 9.84 Å². The van der Waals surface area contributed by atoms with Crippen LogP contribution in [0.25, 0.3) is 0 Å². The molecule has 1 heterocycles. The van der Waals surface area contributed by atoms with Gasteiger partial charge >= 0.3 is 0 Å². The van der Waals surface area contributed by atoms with Gasteiger partial charge in [0.05, 0.1) is 0 Å². The van der Waals surface area contributed by atoms with Crippen LogP contribution < -0.4 is 5.32 Å². The molecule has 1 aromatic rings. The maximum Gasteiger partial charge on any atom is 0.143 e. The smallest absolute Gasteiger partial charge is 0.143 e. The number of hydrogen-bond donors (Lipinski definition) is 1. The lowest BCUT2D eigenvalue weighted by Crippen LogP contribution is -2.20. The highest BCUT2D eigenvalue weighted by atomic mass is 16.5. The Balaban J connectivity index is 2.02. The van der Waals surface area contributed by atoms with Crippen LogP contribution in [-0.4, -0.2) is 11.7 Å². The highest BCUT2D eigenvalue weighted by molar-refractivity contribution is 5.28. The summed E-state index contributed by atoms with van der Waals surface area (Å²) >= 11 is 0. The molecule has 0 aromatic carbocycles. The minimum atomic E-state index is 0.602. The van der Waals surface area contributed by atoms with Gasteiger partial charge in [0, 0.05) is 18.0 Å². The summed E-state index contributed by atoms with van der Waals surface area (Å²) in [6.07, 6.45) is 4.86. The molecule has 1 aliphatic rings. The van der Waals surface area contributed by atoms with E-state index in [9.17, 15) is 0 Å². The second-order valence-electron chi connectivity index (χ2n) is 5.49. The first-order valence-electron chi connectivity index (χ1n) is 6.90. The van der Waals surface area contributed by atoms with Crippen LogP contribution in [0.3, 0.4) is 0 Å². The van der Waals surface area contributed by atoms with E-state index < -0.39 is 0 Å². The number of nitrogens with zero attached hydrogens (tertiary/aromatic N) is 1. The maximum absolute atomic E-state index is 5.56. The van der Waals surface area contributed by atoms with Crippen molar-refractivity contribution in [3.05, 3.63) is 17.0 Å². The molecule has 17 heavy (non-hydrogen) atoms. The van der Waals surface area contributed by atoms with Crippen molar-refractivity contribution in [3.63, 3.8) is 0 Å². The molecule has 1 unspecified atom stereocenters. The predicted octanol–water partition coefficient (Wildman–Crippen LogP) is 3.25. The lowest BCUT2D eigenvalue weighted by atomic mass is 9.86. The van der Waals surface area contributed by atoms with Crippen molar-refractivity contribution in [1.82, 2.24) is 10.5 Å². The minimum Gasteiger partial charge on any atom is -0.361 e. The lowest BCUT2D eigenvalue weighted by Gasteiger charge is -2.18. The van der Waals surface area contributed by atoms with Gasteiger partial charge in [0.15, 0.2) is 0 Å². The van der Waals surface area contributed by atoms with Crippen LogP contribution in [0, 0.1) is 5.92 Å². The van der Waals surface area contributed by atoms with E-state index >= 15 is 0 Å². The second-order valence-corrected chi connectivity index (χ2v) is 5.49. The molecule has 3 heteroatoms. The molecule has 1 N–H and O–H groups in total. The summed E-state index contributed by atoms with van der Waals surface area (Å²) in [5.74, 6) is 2.45. The molecule has 0 radical (unpaired) electrons. The fourth-order valence-electron chi connectivity index (χ4n) is 2.61. The van der Waals surface area contributed by atoms with Crippen molar-refractivity contribution in [2.75, 3.05) is 6.54 Å². The zero-order valence-corrected chi connectivity index (χ0v) is 11.3. The van der Waals surface area contributed by atoms with Crippen molar-refractivity contribution >= 4 is 0 Å². The summed E-state index contributed by atoms with van der Waals surface area (Å²) in [6, 6.07) is 0. The van der Waals surface area contributed by atoms with Gasteiger partial charge in [-0.05, 0) is 38.1 Å². The predicted molar refractivity (Wildman–Crippen MR) is 69.0 cm³/mol. The van der Waals surface area contributed by atoms with Gasteiger partial charge in [0.2, 0.25) is 0 Å². The molecule has 0 saturated heterocycles. The highest BCUT2D eigenvalue weighted by Crippen LogP contribution is 2.35. The molecule has 1 aliphatic carbocycles. The molecule has 0 bridgehead atoms. The van der Waals surface area contributed by atoms with Crippen molar-refractivity contribution < 1.29 is 4.52 Å². The third-order valence-corrected chi connectivity index (χ3v) is 3.59. The summed E-state index contributed by atoms with van der Waals surface area (Å²) < 4.78 is 5.56. The topological polar surface area (TPSA) is 38.1 Å². The highest BCUT2D eigenvalue weighted by Gasteiger charge is 2.26. The molecule has 2 rings (SSSR count). The molecule has 0 amide bonds.